The molecule has 1 atom stereocenters. The lowest BCUT2D eigenvalue weighted by molar-refractivity contribution is -0.00911. The average molecular weight is 209 g/mol. The molecule has 0 amide bonds. The number of hydrogen-bond acceptors (Lipinski definition) is 4. The lowest BCUT2D eigenvalue weighted by atomic mass is 10.1. The minimum Gasteiger partial charge on any atom is -0.367 e. The Bertz CT molecular complexity index is 361. The van der Waals surface area contributed by atoms with E-state index in [0.29, 0.717) is 18.8 Å². The maximum atomic E-state index is 12.0. The van der Waals surface area contributed by atoms with Crippen LogP contribution in [0.15, 0.2) is 12.3 Å². The summed E-state index contributed by atoms with van der Waals surface area (Å²) >= 11 is 0. The molecule has 0 aliphatic carbocycles. The molecule has 1 fully saturated rings. The summed E-state index contributed by atoms with van der Waals surface area (Å²) in [6.07, 6.45) is 1.28. The standard InChI is InChI=1S/C10H15N3O2/c1-12-5-6-15-9(7-12)10(14)8-3-4-11-13(8)2/h3-4,9H,5-7H2,1-2H3. The smallest absolute Gasteiger partial charge is 0.210 e. The van der Waals surface area contributed by atoms with Crippen molar-refractivity contribution in [2.75, 3.05) is 26.7 Å². The number of aryl methyl sites for hydroxylation is 1. The molecule has 1 aliphatic heterocycles. The number of rotatable bonds is 2. The molecule has 2 rings (SSSR count). The molecule has 0 saturated carbocycles. The first kappa shape index (κ1) is 10.3. The minimum atomic E-state index is -0.348. The number of carbonyl (C=O) groups excluding carboxylic acids is 1. The van der Waals surface area contributed by atoms with Crippen molar-refractivity contribution in [1.82, 2.24) is 14.7 Å². The summed E-state index contributed by atoms with van der Waals surface area (Å²) in [4.78, 5) is 14.1. The van der Waals surface area contributed by atoms with Gasteiger partial charge in [-0.3, -0.25) is 9.48 Å². The summed E-state index contributed by atoms with van der Waals surface area (Å²) in [5.41, 5.74) is 0.607. The molecular formula is C10H15N3O2. The van der Waals surface area contributed by atoms with E-state index in [1.807, 2.05) is 7.05 Å². The van der Waals surface area contributed by atoms with Crippen molar-refractivity contribution in [3.05, 3.63) is 18.0 Å². The third kappa shape index (κ3) is 2.08. The molecule has 0 radical (unpaired) electrons. The van der Waals surface area contributed by atoms with Crippen molar-refractivity contribution in [2.24, 2.45) is 7.05 Å². The molecule has 15 heavy (non-hydrogen) atoms. The molecule has 1 unspecified atom stereocenters. The predicted octanol–water partition coefficient (Wildman–Crippen LogP) is -0.0666. The number of likely N-dealkylation sites (N-methyl/N-ethyl adjacent to an activating group) is 1. The van der Waals surface area contributed by atoms with Crippen molar-refractivity contribution in [3.63, 3.8) is 0 Å². The normalized spacial score (nSPS) is 22.9. The topological polar surface area (TPSA) is 47.4 Å². The first-order chi connectivity index (χ1) is 7.18. The number of nitrogens with zero attached hydrogens (tertiary/aromatic N) is 3. The Balaban J connectivity index is 2.11. The van der Waals surface area contributed by atoms with Crippen LogP contribution in [0.4, 0.5) is 0 Å². The van der Waals surface area contributed by atoms with E-state index in [1.54, 1.807) is 24.0 Å². The highest BCUT2D eigenvalue weighted by atomic mass is 16.5. The van der Waals surface area contributed by atoms with Crippen molar-refractivity contribution < 1.29 is 9.53 Å². The highest BCUT2D eigenvalue weighted by molar-refractivity contribution is 5.98. The van der Waals surface area contributed by atoms with E-state index in [0.717, 1.165) is 6.54 Å². The van der Waals surface area contributed by atoms with E-state index in [-0.39, 0.29) is 11.9 Å². The Morgan fingerprint density at radius 2 is 2.40 bits per heavy atom. The number of ether oxygens (including phenoxy) is 1. The Labute approximate surface area is 88.6 Å². The maximum absolute atomic E-state index is 12.0. The molecule has 0 N–H and O–H groups in total. The third-order valence-electron chi connectivity index (χ3n) is 2.64. The molecule has 5 nitrogen and oxygen atoms in total. The molecule has 0 bridgehead atoms. The van der Waals surface area contributed by atoms with Crippen LogP contribution in [0.5, 0.6) is 0 Å². The van der Waals surface area contributed by atoms with E-state index < -0.39 is 0 Å². The number of aromatic nitrogens is 2. The fraction of sp³-hybridized carbons (Fsp3) is 0.600. The zero-order valence-electron chi connectivity index (χ0n) is 9.01. The molecule has 2 heterocycles. The predicted molar refractivity (Wildman–Crippen MR) is 54.8 cm³/mol. The maximum Gasteiger partial charge on any atom is 0.210 e. The highest BCUT2D eigenvalue weighted by Gasteiger charge is 2.27. The van der Waals surface area contributed by atoms with Gasteiger partial charge in [-0.25, -0.2) is 0 Å². The molecular weight excluding hydrogens is 194 g/mol. The fourth-order valence-corrected chi connectivity index (χ4v) is 1.72. The van der Waals surface area contributed by atoms with Crippen LogP contribution < -0.4 is 0 Å². The van der Waals surface area contributed by atoms with Gasteiger partial charge >= 0.3 is 0 Å². The number of ketones is 1. The number of Topliss-reactive ketones (excluding diaryl/α,β-unsaturated/α-hetero) is 1. The van der Waals surface area contributed by atoms with Gasteiger partial charge in [0.25, 0.3) is 0 Å². The second kappa shape index (κ2) is 4.12. The molecule has 1 aromatic heterocycles. The van der Waals surface area contributed by atoms with Gasteiger partial charge in [-0.1, -0.05) is 0 Å². The Hall–Kier alpha value is -1.20. The summed E-state index contributed by atoms with van der Waals surface area (Å²) in [6, 6.07) is 1.72. The van der Waals surface area contributed by atoms with Crippen molar-refractivity contribution >= 4 is 5.78 Å². The van der Waals surface area contributed by atoms with Crippen LogP contribution in [0.25, 0.3) is 0 Å². The van der Waals surface area contributed by atoms with Gasteiger partial charge in [-0.05, 0) is 13.1 Å². The monoisotopic (exact) mass is 209 g/mol. The summed E-state index contributed by atoms with van der Waals surface area (Å²) in [6.45, 7) is 2.16. The van der Waals surface area contributed by atoms with E-state index in [9.17, 15) is 4.79 Å². The van der Waals surface area contributed by atoms with E-state index in [2.05, 4.69) is 10.00 Å². The fourth-order valence-electron chi connectivity index (χ4n) is 1.72. The van der Waals surface area contributed by atoms with Crippen LogP contribution in [-0.4, -0.2) is 53.3 Å². The van der Waals surface area contributed by atoms with E-state index in [4.69, 9.17) is 4.74 Å². The molecule has 0 spiro atoms. The average Bonchev–Trinajstić information content (AvgIpc) is 2.63. The second-order valence-corrected chi connectivity index (χ2v) is 3.83. The van der Waals surface area contributed by atoms with Gasteiger partial charge in [-0.15, -0.1) is 0 Å². The molecule has 82 valence electrons. The van der Waals surface area contributed by atoms with Gasteiger partial charge in [0.05, 0.1) is 6.61 Å². The van der Waals surface area contributed by atoms with Gasteiger partial charge in [0.15, 0.2) is 0 Å². The van der Waals surface area contributed by atoms with Gasteiger partial charge < -0.3 is 9.64 Å². The third-order valence-corrected chi connectivity index (χ3v) is 2.64. The molecule has 5 heteroatoms. The van der Waals surface area contributed by atoms with Gasteiger partial charge in [-0.2, -0.15) is 5.10 Å². The van der Waals surface area contributed by atoms with Crippen molar-refractivity contribution in [3.8, 4) is 0 Å². The Morgan fingerprint density at radius 3 is 3.00 bits per heavy atom. The number of morpholine rings is 1. The summed E-state index contributed by atoms with van der Waals surface area (Å²) in [5.74, 6) is 0.0153. The Kier molecular flexibility index (Phi) is 2.83. The second-order valence-electron chi connectivity index (χ2n) is 3.83. The molecule has 0 aromatic carbocycles. The first-order valence-corrected chi connectivity index (χ1v) is 5.01. The van der Waals surface area contributed by atoms with Crippen LogP contribution in [0.3, 0.4) is 0 Å². The molecule has 1 saturated heterocycles. The zero-order chi connectivity index (χ0) is 10.8. The largest absolute Gasteiger partial charge is 0.367 e. The summed E-state index contributed by atoms with van der Waals surface area (Å²) in [5, 5.41) is 3.98. The molecule has 1 aromatic rings. The van der Waals surface area contributed by atoms with Gasteiger partial charge in [0.2, 0.25) is 5.78 Å². The van der Waals surface area contributed by atoms with Crippen LogP contribution in [0.2, 0.25) is 0 Å². The van der Waals surface area contributed by atoms with E-state index >= 15 is 0 Å². The lowest BCUT2D eigenvalue weighted by Crippen LogP contribution is -2.44. The zero-order valence-corrected chi connectivity index (χ0v) is 9.01. The number of carbonyl (C=O) groups is 1. The van der Waals surface area contributed by atoms with E-state index in [1.165, 1.54) is 0 Å². The summed E-state index contributed by atoms with van der Waals surface area (Å²) in [7, 11) is 3.76. The van der Waals surface area contributed by atoms with Crippen LogP contribution in [0.1, 0.15) is 10.5 Å². The molecule has 1 aliphatic rings. The summed E-state index contributed by atoms with van der Waals surface area (Å²) < 4.78 is 7.04. The van der Waals surface area contributed by atoms with Crippen LogP contribution in [0, 0.1) is 0 Å². The first-order valence-electron chi connectivity index (χ1n) is 5.01. The van der Waals surface area contributed by atoms with Crippen LogP contribution >= 0.6 is 0 Å². The highest BCUT2D eigenvalue weighted by Crippen LogP contribution is 2.10. The lowest BCUT2D eigenvalue weighted by Gasteiger charge is -2.28. The van der Waals surface area contributed by atoms with Crippen molar-refractivity contribution in [1.29, 1.82) is 0 Å². The Morgan fingerprint density at radius 1 is 1.60 bits per heavy atom. The quantitative estimate of drug-likeness (QED) is 0.640. The van der Waals surface area contributed by atoms with Gasteiger partial charge in [0, 0.05) is 26.3 Å². The minimum absolute atomic E-state index is 0.0153. The SMILES string of the molecule is CN1CCOC(C(=O)c2ccnn2C)C1. The van der Waals surface area contributed by atoms with Crippen LogP contribution in [-0.2, 0) is 11.8 Å². The number of hydrogen-bond donors (Lipinski definition) is 0. The van der Waals surface area contributed by atoms with Crippen molar-refractivity contribution in [2.45, 2.75) is 6.10 Å². The van der Waals surface area contributed by atoms with Gasteiger partial charge in [0.1, 0.15) is 11.8 Å².